The smallest absolute Gasteiger partial charge is 0.417 e. The van der Waals surface area contributed by atoms with E-state index in [-0.39, 0.29) is 34.8 Å². The van der Waals surface area contributed by atoms with Crippen molar-refractivity contribution in [1.29, 1.82) is 5.26 Å². The first-order valence-electron chi connectivity index (χ1n) is 19.6. The molecule has 2 saturated heterocycles. The maximum absolute atomic E-state index is 14.3. The Bertz CT molecular complexity index is 1790. The van der Waals surface area contributed by atoms with Crippen LogP contribution in [-0.2, 0) is 37.4 Å². The van der Waals surface area contributed by atoms with E-state index in [1.54, 1.807) is 0 Å². The Morgan fingerprint density at radius 3 is 2.46 bits per heavy atom. The second kappa shape index (κ2) is 18.5. The molecular formula is C42H53ClN4O5S2. The van der Waals surface area contributed by atoms with Crippen LogP contribution in [0, 0.1) is 23.2 Å². The molecule has 0 bridgehead atoms. The number of amides is 3. The summed E-state index contributed by atoms with van der Waals surface area (Å²) in [5.41, 5.74) is 3.75. The number of aryl methyl sites for hydroxylation is 2. The minimum atomic E-state index is -1.00. The van der Waals surface area contributed by atoms with Gasteiger partial charge in [0.25, 0.3) is 0 Å². The maximum Gasteiger partial charge on any atom is 0.417 e. The molecule has 0 spiro atoms. The van der Waals surface area contributed by atoms with Crippen LogP contribution < -0.4 is 15.4 Å². The Morgan fingerprint density at radius 2 is 1.76 bits per heavy atom. The molecule has 54 heavy (non-hydrogen) atoms. The Labute approximate surface area is 331 Å². The largest absolute Gasteiger partial charge is 0.440 e. The molecule has 4 atom stereocenters. The van der Waals surface area contributed by atoms with Crippen LogP contribution in [0.5, 0.6) is 0 Å². The van der Waals surface area contributed by atoms with Crippen LogP contribution in [0.4, 0.5) is 4.79 Å². The molecule has 9 nitrogen and oxygen atoms in total. The van der Waals surface area contributed by atoms with E-state index < -0.39 is 45.3 Å². The third-order valence-corrected chi connectivity index (χ3v) is 15.3. The number of nitrogens with one attached hydrogen (secondary N) is 3. The summed E-state index contributed by atoms with van der Waals surface area (Å²) in [6, 6.07) is 15.1. The van der Waals surface area contributed by atoms with Crippen molar-refractivity contribution >= 4 is 62.6 Å². The molecule has 2 aromatic carbocycles. The molecule has 1 saturated carbocycles. The van der Waals surface area contributed by atoms with Crippen molar-refractivity contribution in [1.82, 2.24) is 15.4 Å². The van der Waals surface area contributed by atoms with Crippen LogP contribution in [0.15, 0.2) is 42.5 Å². The summed E-state index contributed by atoms with van der Waals surface area (Å²) >= 11 is 7.44. The first kappa shape index (κ1) is 40.3. The first-order chi connectivity index (χ1) is 26.0. The van der Waals surface area contributed by atoms with Crippen LogP contribution in [0.2, 0.25) is 5.02 Å². The molecule has 290 valence electrons. The lowest BCUT2D eigenvalue weighted by atomic mass is 9.76. The number of ether oxygens (including phenoxy) is 1. The van der Waals surface area contributed by atoms with Crippen LogP contribution in [0.3, 0.4) is 0 Å². The number of hydrogen-bond acceptors (Lipinski definition) is 7. The fraction of sp³-hybridized carbons (Fsp3) is 0.571. The van der Waals surface area contributed by atoms with Gasteiger partial charge in [-0.15, -0.1) is 0 Å². The summed E-state index contributed by atoms with van der Waals surface area (Å²) in [6.07, 6.45) is 10.2. The SMILES string of the molecule is CC(C)(c1cccc(Cl)c1)C(OC(=O)NS[C@@H](CC1CCCCC1)C(=O)N[C@@H](C[C@@H]1CCNC1=O)C(=O)C(C#N)=S1CCCC1)c1ccc2c(c1)CCC2. The predicted octanol–water partition coefficient (Wildman–Crippen LogP) is 7.90. The number of nitrogens with zero attached hydrogens (tertiary/aromatic N) is 1. The minimum absolute atomic E-state index is 0.135. The topological polar surface area (TPSA) is 137 Å². The number of fused-ring (bicyclic) bond motifs is 1. The average molecular weight is 793 g/mol. The summed E-state index contributed by atoms with van der Waals surface area (Å²) in [7, 11) is -0.445. The number of Topliss-reactive ketones (excluding diaryl/α,β-unsaturated/α-hetero) is 1. The van der Waals surface area contributed by atoms with Gasteiger partial charge >= 0.3 is 6.09 Å². The Balaban J connectivity index is 1.22. The van der Waals surface area contributed by atoms with Crippen molar-refractivity contribution in [3.8, 4) is 6.07 Å². The van der Waals surface area contributed by atoms with Crippen LogP contribution >= 0.6 is 34.0 Å². The van der Waals surface area contributed by atoms with E-state index in [0.29, 0.717) is 24.4 Å². The minimum Gasteiger partial charge on any atom is -0.440 e. The van der Waals surface area contributed by atoms with Gasteiger partial charge in [0.15, 0.2) is 0 Å². The molecule has 2 heterocycles. The second-order valence-corrected chi connectivity index (χ2v) is 19.5. The third kappa shape index (κ3) is 9.90. The Morgan fingerprint density at radius 1 is 1.00 bits per heavy atom. The van der Waals surface area contributed by atoms with Gasteiger partial charge in [0.2, 0.25) is 17.6 Å². The van der Waals surface area contributed by atoms with Gasteiger partial charge in [-0.25, -0.2) is 4.79 Å². The number of benzene rings is 2. The van der Waals surface area contributed by atoms with E-state index in [9.17, 15) is 24.4 Å². The summed E-state index contributed by atoms with van der Waals surface area (Å²) in [5.74, 6) is 0.548. The number of rotatable bonds is 14. The lowest BCUT2D eigenvalue weighted by molar-refractivity contribution is -0.127. The fourth-order valence-electron chi connectivity index (χ4n) is 8.54. The molecule has 4 aliphatic rings. The molecular weight excluding hydrogens is 740 g/mol. The lowest BCUT2D eigenvalue weighted by Crippen LogP contribution is -2.49. The Kier molecular flexibility index (Phi) is 13.8. The van der Waals surface area contributed by atoms with Crippen LogP contribution in [-0.4, -0.2) is 57.9 Å². The molecule has 3 amide bonds. The monoisotopic (exact) mass is 792 g/mol. The molecule has 1 unspecified atom stereocenters. The van der Waals surface area contributed by atoms with Gasteiger partial charge in [-0.2, -0.15) is 15.7 Å². The van der Waals surface area contributed by atoms with Crippen molar-refractivity contribution in [2.75, 3.05) is 18.1 Å². The highest BCUT2D eigenvalue weighted by Crippen LogP contribution is 2.42. The molecule has 6 rings (SSSR count). The molecule has 3 N–H and O–H groups in total. The van der Waals surface area contributed by atoms with E-state index in [4.69, 9.17) is 16.3 Å². The number of halogens is 1. The van der Waals surface area contributed by atoms with Crippen molar-refractivity contribution in [2.24, 2.45) is 11.8 Å². The predicted molar refractivity (Wildman–Crippen MR) is 218 cm³/mol. The number of carbonyl (C=O) groups is 4. The third-order valence-electron chi connectivity index (χ3n) is 11.7. The summed E-state index contributed by atoms with van der Waals surface area (Å²) < 4.78 is 9.18. The fourth-order valence-corrected chi connectivity index (χ4v) is 11.8. The number of carbonyl (C=O) groups excluding carboxylic acids is 4. The number of hydrogen-bond donors (Lipinski definition) is 3. The van der Waals surface area contributed by atoms with Gasteiger partial charge in [-0.05, 0) is 115 Å². The zero-order chi connectivity index (χ0) is 38.2. The molecule has 2 aliphatic carbocycles. The molecule has 2 aromatic rings. The van der Waals surface area contributed by atoms with E-state index in [1.165, 1.54) is 11.1 Å². The zero-order valence-electron chi connectivity index (χ0n) is 31.4. The van der Waals surface area contributed by atoms with E-state index in [0.717, 1.165) is 98.8 Å². The van der Waals surface area contributed by atoms with Gasteiger partial charge in [0.05, 0.1) is 6.04 Å². The Hall–Kier alpha value is -3.33. The lowest BCUT2D eigenvalue weighted by Gasteiger charge is -2.35. The van der Waals surface area contributed by atoms with Crippen LogP contribution in [0.1, 0.15) is 113 Å². The highest BCUT2D eigenvalue weighted by atomic mass is 35.5. The molecule has 0 radical (unpaired) electrons. The van der Waals surface area contributed by atoms with Gasteiger partial charge in [0.1, 0.15) is 22.3 Å². The van der Waals surface area contributed by atoms with Crippen molar-refractivity contribution in [3.05, 3.63) is 69.7 Å². The summed E-state index contributed by atoms with van der Waals surface area (Å²) in [4.78, 5) is 55.0. The first-order valence-corrected chi connectivity index (χ1v) is 22.4. The zero-order valence-corrected chi connectivity index (χ0v) is 33.8. The molecule has 12 heteroatoms. The normalized spacial score (nSPS) is 20.6. The van der Waals surface area contributed by atoms with Gasteiger partial charge in [-0.1, -0.05) is 87.9 Å². The van der Waals surface area contributed by atoms with E-state index >= 15 is 0 Å². The summed E-state index contributed by atoms with van der Waals surface area (Å²) in [5, 5.41) is 15.8. The van der Waals surface area contributed by atoms with Crippen LogP contribution in [0.25, 0.3) is 0 Å². The van der Waals surface area contributed by atoms with Gasteiger partial charge < -0.3 is 15.4 Å². The number of nitriles is 1. The van der Waals surface area contributed by atoms with Crippen molar-refractivity contribution in [3.63, 3.8) is 0 Å². The second-order valence-electron chi connectivity index (χ2n) is 15.8. The van der Waals surface area contributed by atoms with Gasteiger partial charge in [0, 0.05) is 22.9 Å². The number of ketones is 1. The molecule has 0 aromatic heterocycles. The molecule has 3 fully saturated rings. The van der Waals surface area contributed by atoms with Crippen molar-refractivity contribution < 1.29 is 23.9 Å². The molecule has 2 aliphatic heterocycles. The van der Waals surface area contributed by atoms with E-state index in [2.05, 4.69) is 33.6 Å². The average Bonchev–Trinajstić information content (AvgIpc) is 3.96. The highest BCUT2D eigenvalue weighted by Gasteiger charge is 2.39. The standard InChI is InChI=1S/C42H53ClN4O5S2/c1-42(2,32-14-9-15-33(43)25-32)38(30-17-16-28-12-8-13-29(28)23-30)52-41(51)47-53-35(22-27-10-4-3-5-11-27)40(50)46-34(24-31-18-19-45-39(31)49)37(48)36(26-44)54-20-6-7-21-54/h9,14-17,23,25,27,31,34-35,38H,3-8,10-13,18-22,24H2,1-2H3,(H,45,49)(H,46,50)(H,47,51)/t31-,34-,35-,38?/m0/s1. The summed E-state index contributed by atoms with van der Waals surface area (Å²) in [6.45, 7) is 4.60. The quantitative estimate of drug-likeness (QED) is 0.131. The highest BCUT2D eigenvalue weighted by molar-refractivity contribution is 8.17. The van der Waals surface area contributed by atoms with Crippen molar-refractivity contribution in [2.45, 2.75) is 120 Å². The van der Waals surface area contributed by atoms with E-state index in [1.807, 2.05) is 44.2 Å². The van der Waals surface area contributed by atoms with Gasteiger partial charge in [-0.3, -0.25) is 19.1 Å². The maximum atomic E-state index is 14.3.